The molecule has 20 heavy (non-hydrogen) atoms. The van der Waals surface area contributed by atoms with Crippen molar-refractivity contribution in [3.8, 4) is 0 Å². The van der Waals surface area contributed by atoms with E-state index in [2.05, 4.69) is 19.1 Å². The Bertz CT molecular complexity index is 462. The van der Waals surface area contributed by atoms with E-state index in [9.17, 15) is 4.79 Å². The number of ether oxygens (including phenoxy) is 1. The number of rotatable bonds is 5. The summed E-state index contributed by atoms with van der Waals surface area (Å²) < 4.78 is 5.01. The van der Waals surface area contributed by atoms with E-state index in [0.29, 0.717) is 13.0 Å². The molecule has 1 aliphatic rings. The predicted octanol–water partition coefficient (Wildman–Crippen LogP) is 2.02. The van der Waals surface area contributed by atoms with E-state index in [1.54, 1.807) is 7.11 Å². The number of carbonyl (C=O) groups excluding carboxylic acids is 1. The third-order valence-corrected chi connectivity index (χ3v) is 4.03. The Morgan fingerprint density at radius 2 is 2.25 bits per heavy atom. The van der Waals surface area contributed by atoms with Crippen molar-refractivity contribution in [1.29, 1.82) is 0 Å². The van der Waals surface area contributed by atoms with Crippen LogP contribution in [-0.4, -0.2) is 37.1 Å². The van der Waals surface area contributed by atoms with Gasteiger partial charge < -0.3 is 15.4 Å². The summed E-state index contributed by atoms with van der Waals surface area (Å²) >= 11 is 0. The van der Waals surface area contributed by atoms with E-state index >= 15 is 0 Å². The van der Waals surface area contributed by atoms with Crippen LogP contribution in [0.25, 0.3) is 0 Å². The molecule has 2 atom stereocenters. The first-order chi connectivity index (χ1) is 9.65. The Morgan fingerprint density at radius 1 is 1.50 bits per heavy atom. The van der Waals surface area contributed by atoms with Gasteiger partial charge in [0.05, 0.1) is 12.1 Å². The third kappa shape index (κ3) is 3.19. The van der Waals surface area contributed by atoms with Gasteiger partial charge in [-0.05, 0) is 37.3 Å². The number of nitrogens with two attached hydrogens (primary N) is 1. The predicted molar refractivity (Wildman–Crippen MR) is 79.3 cm³/mol. The first-order valence-electron chi connectivity index (χ1n) is 7.25. The monoisotopic (exact) mass is 276 g/mol. The first-order valence-corrected chi connectivity index (χ1v) is 7.25. The van der Waals surface area contributed by atoms with Crippen LogP contribution in [0.2, 0.25) is 0 Å². The molecule has 2 rings (SSSR count). The average Bonchev–Trinajstić information content (AvgIpc) is 2.93. The molecule has 1 saturated heterocycles. The lowest BCUT2D eigenvalue weighted by Crippen LogP contribution is -2.44. The van der Waals surface area contributed by atoms with Crippen LogP contribution in [0.1, 0.15) is 36.4 Å². The number of methoxy groups -OCH3 is 1. The molecule has 1 aromatic rings. The van der Waals surface area contributed by atoms with Crippen LogP contribution in [-0.2, 0) is 9.53 Å². The molecule has 110 valence electrons. The smallest absolute Gasteiger partial charge is 0.240 e. The van der Waals surface area contributed by atoms with Gasteiger partial charge in [-0.3, -0.25) is 4.79 Å². The fraction of sp³-hybridized carbons (Fsp3) is 0.562. The normalized spacial score (nSPS) is 20.1. The highest BCUT2D eigenvalue weighted by atomic mass is 16.5. The zero-order valence-corrected chi connectivity index (χ0v) is 12.3. The van der Waals surface area contributed by atoms with Gasteiger partial charge in [0.15, 0.2) is 0 Å². The largest absolute Gasteiger partial charge is 0.385 e. The van der Waals surface area contributed by atoms with Gasteiger partial charge in [0, 0.05) is 20.3 Å². The highest BCUT2D eigenvalue weighted by Crippen LogP contribution is 2.33. The summed E-state index contributed by atoms with van der Waals surface area (Å²) in [5.74, 6) is 0.0489. The van der Waals surface area contributed by atoms with Crippen LogP contribution in [0.3, 0.4) is 0 Å². The molecule has 0 aliphatic carbocycles. The minimum absolute atomic E-state index is 0.0489. The number of likely N-dealkylation sites (tertiary alicyclic amines) is 1. The Labute approximate surface area is 120 Å². The van der Waals surface area contributed by atoms with Crippen LogP contribution < -0.4 is 5.73 Å². The Hall–Kier alpha value is -1.39. The number of hydrogen-bond donors (Lipinski definition) is 1. The van der Waals surface area contributed by atoms with Gasteiger partial charge in [-0.25, -0.2) is 0 Å². The lowest BCUT2D eigenvalue weighted by molar-refractivity contribution is -0.134. The molecule has 2 N–H and O–H groups in total. The first kappa shape index (κ1) is 15.0. The average molecular weight is 276 g/mol. The molecule has 0 bridgehead atoms. The second-order valence-corrected chi connectivity index (χ2v) is 5.43. The number of amides is 1. The zero-order valence-electron chi connectivity index (χ0n) is 12.3. The summed E-state index contributed by atoms with van der Waals surface area (Å²) in [6.45, 7) is 3.43. The van der Waals surface area contributed by atoms with E-state index in [1.807, 2.05) is 17.0 Å². The van der Waals surface area contributed by atoms with E-state index in [4.69, 9.17) is 10.5 Å². The van der Waals surface area contributed by atoms with Gasteiger partial charge in [0.1, 0.15) is 0 Å². The van der Waals surface area contributed by atoms with Crippen molar-refractivity contribution in [1.82, 2.24) is 4.90 Å². The summed E-state index contributed by atoms with van der Waals surface area (Å²) in [6.07, 6.45) is 2.64. The summed E-state index contributed by atoms with van der Waals surface area (Å²) in [5, 5.41) is 0. The standard InChI is InChI=1S/C16H24N2O2/c1-12-6-3-4-7-13(12)15-8-5-10-18(15)16(19)14(17)9-11-20-2/h3-4,6-7,14-15H,5,8-11,17H2,1-2H3. The highest BCUT2D eigenvalue weighted by molar-refractivity contribution is 5.82. The molecule has 1 fully saturated rings. The van der Waals surface area contributed by atoms with Crippen LogP contribution in [0.15, 0.2) is 24.3 Å². The molecule has 1 heterocycles. The van der Waals surface area contributed by atoms with E-state index in [-0.39, 0.29) is 11.9 Å². The summed E-state index contributed by atoms with van der Waals surface area (Å²) in [7, 11) is 1.63. The number of nitrogens with zero attached hydrogens (tertiary/aromatic N) is 1. The van der Waals surface area contributed by atoms with Crippen molar-refractivity contribution in [2.45, 2.75) is 38.3 Å². The molecule has 1 amide bonds. The molecule has 0 radical (unpaired) electrons. The Kier molecular flexibility index (Phi) is 5.15. The SMILES string of the molecule is COCCC(N)C(=O)N1CCCC1c1ccccc1C. The number of carbonyl (C=O) groups is 1. The van der Waals surface area contributed by atoms with Gasteiger partial charge in [-0.15, -0.1) is 0 Å². The van der Waals surface area contributed by atoms with E-state index in [0.717, 1.165) is 19.4 Å². The second-order valence-electron chi connectivity index (χ2n) is 5.43. The molecule has 4 nitrogen and oxygen atoms in total. The quantitative estimate of drug-likeness (QED) is 0.895. The number of benzene rings is 1. The molecular weight excluding hydrogens is 252 g/mol. The van der Waals surface area contributed by atoms with E-state index < -0.39 is 6.04 Å². The third-order valence-electron chi connectivity index (χ3n) is 4.03. The summed E-state index contributed by atoms with van der Waals surface area (Å²) in [5.41, 5.74) is 8.48. The topological polar surface area (TPSA) is 55.6 Å². The molecule has 1 aromatic carbocycles. The van der Waals surface area contributed by atoms with Crippen molar-refractivity contribution >= 4 is 5.91 Å². The van der Waals surface area contributed by atoms with Crippen LogP contribution in [0, 0.1) is 6.92 Å². The highest BCUT2D eigenvalue weighted by Gasteiger charge is 2.32. The number of hydrogen-bond acceptors (Lipinski definition) is 3. The van der Waals surface area contributed by atoms with Gasteiger partial charge in [-0.1, -0.05) is 24.3 Å². The molecule has 0 spiro atoms. The van der Waals surface area contributed by atoms with Crippen molar-refractivity contribution in [3.63, 3.8) is 0 Å². The van der Waals surface area contributed by atoms with Crippen LogP contribution in [0.5, 0.6) is 0 Å². The van der Waals surface area contributed by atoms with Gasteiger partial charge in [-0.2, -0.15) is 0 Å². The zero-order chi connectivity index (χ0) is 14.5. The summed E-state index contributed by atoms with van der Waals surface area (Å²) in [4.78, 5) is 14.4. The van der Waals surface area contributed by atoms with Gasteiger partial charge >= 0.3 is 0 Å². The van der Waals surface area contributed by atoms with Crippen molar-refractivity contribution in [2.24, 2.45) is 5.73 Å². The maximum absolute atomic E-state index is 12.5. The maximum atomic E-state index is 12.5. The Morgan fingerprint density at radius 3 is 2.95 bits per heavy atom. The molecule has 1 aliphatic heterocycles. The van der Waals surface area contributed by atoms with Gasteiger partial charge in [0.2, 0.25) is 5.91 Å². The van der Waals surface area contributed by atoms with E-state index in [1.165, 1.54) is 11.1 Å². The Balaban J connectivity index is 2.11. The summed E-state index contributed by atoms with van der Waals surface area (Å²) in [6, 6.07) is 8.00. The molecule has 4 heteroatoms. The molecule has 0 aromatic heterocycles. The minimum Gasteiger partial charge on any atom is -0.385 e. The lowest BCUT2D eigenvalue weighted by Gasteiger charge is -2.28. The minimum atomic E-state index is -0.459. The van der Waals surface area contributed by atoms with Gasteiger partial charge in [0.25, 0.3) is 0 Å². The van der Waals surface area contributed by atoms with Crippen LogP contribution >= 0.6 is 0 Å². The fourth-order valence-electron chi connectivity index (χ4n) is 2.90. The molecule has 0 saturated carbocycles. The van der Waals surface area contributed by atoms with Crippen molar-refractivity contribution < 1.29 is 9.53 Å². The lowest BCUT2D eigenvalue weighted by atomic mass is 9.99. The fourth-order valence-corrected chi connectivity index (χ4v) is 2.90. The molecule has 2 unspecified atom stereocenters. The van der Waals surface area contributed by atoms with Crippen LogP contribution in [0.4, 0.5) is 0 Å². The maximum Gasteiger partial charge on any atom is 0.240 e. The second kappa shape index (κ2) is 6.86. The van der Waals surface area contributed by atoms with Crippen molar-refractivity contribution in [3.05, 3.63) is 35.4 Å². The van der Waals surface area contributed by atoms with Crippen molar-refractivity contribution in [2.75, 3.05) is 20.3 Å². The molecular formula is C16H24N2O2. The number of aryl methyl sites for hydroxylation is 1.